The maximum absolute atomic E-state index is 13.5. The fraction of sp³-hybridized carbons (Fsp3) is 0.421. The van der Waals surface area contributed by atoms with Crippen LogP contribution in [-0.4, -0.2) is 51.5 Å². The normalized spacial score (nSPS) is 20.1. The zero-order valence-corrected chi connectivity index (χ0v) is 15.7. The molecule has 9 nitrogen and oxygen atoms in total. The molecule has 2 aromatic heterocycles. The molecule has 0 aliphatic carbocycles. The number of hydrogen-bond acceptors (Lipinski definition) is 7. The van der Waals surface area contributed by atoms with Crippen LogP contribution in [0.1, 0.15) is 41.4 Å². The van der Waals surface area contributed by atoms with Gasteiger partial charge in [-0.1, -0.05) is 0 Å². The molecular formula is C19H21FN6O3. The summed E-state index contributed by atoms with van der Waals surface area (Å²) in [6.07, 6.45) is 5.98. The molecule has 2 aromatic rings. The van der Waals surface area contributed by atoms with Crippen molar-refractivity contribution in [2.75, 3.05) is 24.6 Å². The molecular weight excluding hydrogens is 379 g/mol. The molecule has 1 atom stereocenters. The van der Waals surface area contributed by atoms with E-state index in [1.54, 1.807) is 6.20 Å². The number of hydrogen-bond donors (Lipinski definition) is 1. The first-order valence-electron chi connectivity index (χ1n) is 9.47. The molecule has 4 heterocycles. The van der Waals surface area contributed by atoms with Crippen LogP contribution in [0.15, 0.2) is 30.7 Å². The molecule has 2 N–H and O–H groups in total. The molecule has 152 valence electrons. The summed E-state index contributed by atoms with van der Waals surface area (Å²) in [6, 6.07) is 2.52. The largest absolute Gasteiger partial charge is 0.364 e. The zero-order chi connectivity index (χ0) is 20.4. The summed E-state index contributed by atoms with van der Waals surface area (Å²) in [4.78, 5) is 44.1. The Labute approximate surface area is 166 Å². The number of rotatable bonds is 4. The summed E-state index contributed by atoms with van der Waals surface area (Å²) in [5.74, 6) is -0.944. The molecule has 4 rings (SSSR count). The van der Waals surface area contributed by atoms with Crippen molar-refractivity contribution in [3.63, 3.8) is 0 Å². The van der Waals surface area contributed by atoms with Crippen LogP contribution in [0, 0.1) is 11.7 Å². The number of hydroxylamine groups is 2. The van der Waals surface area contributed by atoms with Crippen LogP contribution in [0.4, 0.5) is 10.3 Å². The highest BCUT2D eigenvalue weighted by molar-refractivity contribution is 5.90. The monoisotopic (exact) mass is 400 g/mol. The number of nitrogens with zero attached hydrogens (tertiary/aromatic N) is 5. The van der Waals surface area contributed by atoms with Crippen molar-refractivity contribution in [3.05, 3.63) is 47.8 Å². The number of nitrogens with two attached hydrogens (primary N) is 1. The Morgan fingerprint density at radius 1 is 1.21 bits per heavy atom. The molecule has 2 saturated heterocycles. The van der Waals surface area contributed by atoms with Crippen LogP contribution in [0.25, 0.3) is 0 Å². The molecule has 0 bridgehead atoms. The molecule has 1 unspecified atom stereocenters. The third-order valence-electron chi connectivity index (χ3n) is 5.26. The second-order valence-electron chi connectivity index (χ2n) is 7.11. The zero-order valence-electron chi connectivity index (χ0n) is 15.7. The highest BCUT2D eigenvalue weighted by Crippen LogP contribution is 2.33. The predicted molar refractivity (Wildman–Crippen MR) is 99.8 cm³/mol. The van der Waals surface area contributed by atoms with Gasteiger partial charge in [0.2, 0.25) is 11.9 Å². The fourth-order valence-corrected chi connectivity index (χ4v) is 3.74. The number of aromatic nitrogens is 3. The van der Waals surface area contributed by atoms with E-state index in [-0.39, 0.29) is 23.6 Å². The molecule has 2 amide bonds. The summed E-state index contributed by atoms with van der Waals surface area (Å²) in [5.41, 5.74) is 6.06. The fourth-order valence-electron chi connectivity index (χ4n) is 3.74. The molecule has 0 radical (unpaired) electrons. The maximum Gasteiger partial charge on any atom is 0.267 e. The van der Waals surface area contributed by atoms with Crippen LogP contribution < -0.4 is 10.6 Å². The Bertz CT molecular complexity index is 918. The Balaban J connectivity index is 1.41. The number of anilines is 1. The Hall–Kier alpha value is -3.14. The lowest BCUT2D eigenvalue weighted by molar-refractivity contribution is -0.182. The predicted octanol–water partition coefficient (Wildman–Crippen LogP) is 1.23. The Morgan fingerprint density at radius 3 is 2.72 bits per heavy atom. The minimum atomic E-state index is -0.609. The Kier molecular flexibility index (Phi) is 5.34. The summed E-state index contributed by atoms with van der Waals surface area (Å²) in [5, 5.41) is 1.38. The van der Waals surface area contributed by atoms with Crippen molar-refractivity contribution in [2.45, 2.75) is 25.3 Å². The lowest BCUT2D eigenvalue weighted by Crippen LogP contribution is -2.42. The van der Waals surface area contributed by atoms with E-state index in [1.165, 1.54) is 23.4 Å². The molecule has 2 fully saturated rings. The van der Waals surface area contributed by atoms with E-state index < -0.39 is 11.7 Å². The quantitative estimate of drug-likeness (QED) is 0.821. The average molecular weight is 400 g/mol. The number of carbonyl (C=O) groups excluding carboxylic acids is 2. The SMILES string of the molecule is NC(=O)c1ccnc(N2CCC(C(=O)N3OCCC3c3cncc(F)c3)CC2)n1. The standard InChI is InChI=1S/C19H21FN6O3/c20-14-9-13(10-22-11-14)16-4-8-29-26(16)18(28)12-2-6-25(7-3-12)19-23-5-1-15(24-19)17(21)27/h1,5,9-12,16H,2-4,6-8H2,(H2,21,27). The van der Waals surface area contributed by atoms with Crippen molar-refractivity contribution >= 4 is 17.8 Å². The number of primary amides is 1. The van der Waals surface area contributed by atoms with Gasteiger partial charge in [-0.05, 0) is 30.5 Å². The van der Waals surface area contributed by atoms with Gasteiger partial charge in [0.05, 0.1) is 18.8 Å². The van der Waals surface area contributed by atoms with Gasteiger partial charge in [0, 0.05) is 37.8 Å². The third kappa shape index (κ3) is 4.02. The van der Waals surface area contributed by atoms with Crippen LogP contribution in [0.5, 0.6) is 0 Å². The van der Waals surface area contributed by atoms with Crippen molar-refractivity contribution in [1.82, 2.24) is 20.0 Å². The van der Waals surface area contributed by atoms with Crippen LogP contribution >= 0.6 is 0 Å². The van der Waals surface area contributed by atoms with E-state index in [0.29, 0.717) is 50.5 Å². The van der Waals surface area contributed by atoms with Crippen LogP contribution in [0.3, 0.4) is 0 Å². The maximum atomic E-state index is 13.5. The topological polar surface area (TPSA) is 115 Å². The van der Waals surface area contributed by atoms with E-state index in [4.69, 9.17) is 10.6 Å². The van der Waals surface area contributed by atoms with Crippen molar-refractivity contribution in [2.24, 2.45) is 11.7 Å². The van der Waals surface area contributed by atoms with Crippen molar-refractivity contribution in [1.29, 1.82) is 0 Å². The highest BCUT2D eigenvalue weighted by atomic mass is 19.1. The molecule has 0 spiro atoms. The molecule has 0 saturated carbocycles. The molecule has 0 aromatic carbocycles. The van der Waals surface area contributed by atoms with Gasteiger partial charge in [0.15, 0.2) is 0 Å². The van der Waals surface area contributed by atoms with Gasteiger partial charge in [0.25, 0.3) is 5.91 Å². The first-order valence-corrected chi connectivity index (χ1v) is 9.47. The first kappa shape index (κ1) is 19.2. The summed E-state index contributed by atoms with van der Waals surface area (Å²) in [7, 11) is 0. The van der Waals surface area contributed by atoms with Gasteiger partial charge in [0.1, 0.15) is 11.5 Å². The molecule has 29 heavy (non-hydrogen) atoms. The molecule has 2 aliphatic heterocycles. The van der Waals surface area contributed by atoms with Crippen molar-refractivity contribution < 1.29 is 18.8 Å². The van der Waals surface area contributed by atoms with E-state index in [2.05, 4.69) is 15.0 Å². The Morgan fingerprint density at radius 2 is 2.00 bits per heavy atom. The number of pyridine rings is 1. The van der Waals surface area contributed by atoms with Gasteiger partial charge in [-0.3, -0.25) is 19.4 Å². The highest BCUT2D eigenvalue weighted by Gasteiger charge is 2.37. The number of carbonyl (C=O) groups is 2. The van der Waals surface area contributed by atoms with Crippen molar-refractivity contribution in [3.8, 4) is 0 Å². The smallest absolute Gasteiger partial charge is 0.267 e. The van der Waals surface area contributed by atoms with Crippen LogP contribution in [0.2, 0.25) is 0 Å². The second kappa shape index (κ2) is 8.08. The van der Waals surface area contributed by atoms with Gasteiger partial charge in [-0.2, -0.15) is 0 Å². The summed E-state index contributed by atoms with van der Waals surface area (Å²) in [6.45, 7) is 1.54. The molecule has 2 aliphatic rings. The van der Waals surface area contributed by atoms with E-state index in [0.717, 1.165) is 6.20 Å². The van der Waals surface area contributed by atoms with E-state index in [9.17, 15) is 14.0 Å². The summed E-state index contributed by atoms with van der Waals surface area (Å²) >= 11 is 0. The van der Waals surface area contributed by atoms with E-state index >= 15 is 0 Å². The minimum Gasteiger partial charge on any atom is -0.364 e. The minimum absolute atomic E-state index is 0.108. The summed E-state index contributed by atoms with van der Waals surface area (Å²) < 4.78 is 13.5. The lowest BCUT2D eigenvalue weighted by atomic mass is 9.95. The van der Waals surface area contributed by atoms with Gasteiger partial charge in [-0.15, -0.1) is 0 Å². The molecule has 10 heteroatoms. The average Bonchev–Trinajstić information content (AvgIpc) is 3.23. The third-order valence-corrected chi connectivity index (χ3v) is 5.26. The van der Waals surface area contributed by atoms with Gasteiger partial charge >= 0.3 is 0 Å². The second-order valence-corrected chi connectivity index (χ2v) is 7.11. The lowest BCUT2D eigenvalue weighted by Gasteiger charge is -2.34. The number of piperidine rings is 1. The van der Waals surface area contributed by atoms with Crippen LogP contribution in [-0.2, 0) is 9.63 Å². The van der Waals surface area contributed by atoms with E-state index in [1.807, 2.05) is 4.90 Å². The number of halogens is 1. The van der Waals surface area contributed by atoms with Gasteiger partial charge in [-0.25, -0.2) is 19.4 Å². The number of amides is 2. The first-order chi connectivity index (χ1) is 14.0. The van der Waals surface area contributed by atoms with Gasteiger partial charge < -0.3 is 10.6 Å².